The average Bonchev–Trinajstić information content (AvgIpc) is 3.43. The number of ether oxygens (including phenoxy) is 2. The topological polar surface area (TPSA) is 127 Å². The third-order valence-electron chi connectivity index (χ3n) is 5.75. The number of benzene rings is 1. The van der Waals surface area contributed by atoms with Crippen molar-refractivity contribution in [3.8, 4) is 0 Å². The van der Waals surface area contributed by atoms with Crippen LogP contribution >= 0.6 is 11.3 Å². The molecule has 11 heteroatoms. The lowest BCUT2D eigenvalue weighted by atomic mass is 9.96. The van der Waals surface area contributed by atoms with Crippen LogP contribution in [0.3, 0.4) is 0 Å². The van der Waals surface area contributed by atoms with Gasteiger partial charge in [-0.25, -0.2) is 9.78 Å². The molecule has 2 aliphatic rings. The van der Waals surface area contributed by atoms with Gasteiger partial charge in [0.15, 0.2) is 5.13 Å². The van der Waals surface area contributed by atoms with E-state index >= 15 is 0 Å². The van der Waals surface area contributed by atoms with E-state index in [4.69, 9.17) is 15.2 Å². The molecule has 33 heavy (non-hydrogen) atoms. The summed E-state index contributed by atoms with van der Waals surface area (Å²) in [5.41, 5.74) is 7.33. The number of nitrogens with two attached hydrogens (primary N) is 1. The van der Waals surface area contributed by atoms with E-state index in [1.54, 1.807) is 4.90 Å². The fourth-order valence-electron chi connectivity index (χ4n) is 4.00. The zero-order valence-electron chi connectivity index (χ0n) is 18.4. The van der Waals surface area contributed by atoms with Crippen LogP contribution in [0.1, 0.15) is 29.4 Å². The first-order valence-corrected chi connectivity index (χ1v) is 11.8. The van der Waals surface area contributed by atoms with Crippen LogP contribution in [-0.4, -0.2) is 61.8 Å². The van der Waals surface area contributed by atoms with E-state index < -0.39 is 12.2 Å². The van der Waals surface area contributed by atoms with Crippen LogP contribution in [0.15, 0.2) is 30.5 Å². The Morgan fingerprint density at radius 1 is 1.24 bits per heavy atom. The molecule has 4 rings (SSSR count). The van der Waals surface area contributed by atoms with Gasteiger partial charge in [0.2, 0.25) is 0 Å². The van der Waals surface area contributed by atoms with Gasteiger partial charge in [0.25, 0.3) is 5.91 Å². The van der Waals surface area contributed by atoms with Crippen LogP contribution < -0.4 is 20.9 Å². The quantitative estimate of drug-likeness (QED) is 0.586. The van der Waals surface area contributed by atoms with E-state index in [-0.39, 0.29) is 24.3 Å². The molecule has 2 amide bonds. The number of piperidine rings is 1. The highest BCUT2D eigenvalue weighted by atomic mass is 32.1. The van der Waals surface area contributed by atoms with Crippen molar-refractivity contribution in [3.63, 3.8) is 0 Å². The largest absolute Gasteiger partial charge is 0.466 e. The van der Waals surface area contributed by atoms with E-state index in [2.05, 4.69) is 15.2 Å². The molecule has 1 aromatic carbocycles. The van der Waals surface area contributed by atoms with Gasteiger partial charge in [0.1, 0.15) is 11.0 Å². The summed E-state index contributed by atoms with van der Waals surface area (Å²) in [7, 11) is 0. The number of cyclic esters (lactones) is 1. The number of nitrogens with one attached hydrogen (secondary N) is 1. The molecule has 0 unspecified atom stereocenters. The highest BCUT2D eigenvalue weighted by Gasteiger charge is 2.33. The number of aromatic nitrogens is 1. The molecule has 1 atom stereocenters. The van der Waals surface area contributed by atoms with E-state index in [0.29, 0.717) is 23.2 Å². The first-order valence-electron chi connectivity index (χ1n) is 10.9. The molecule has 2 saturated heterocycles. The first kappa shape index (κ1) is 22.8. The van der Waals surface area contributed by atoms with Gasteiger partial charge >= 0.3 is 12.1 Å². The number of rotatable bonds is 7. The Hall–Kier alpha value is -3.34. The van der Waals surface area contributed by atoms with Crippen molar-refractivity contribution in [2.24, 2.45) is 5.92 Å². The summed E-state index contributed by atoms with van der Waals surface area (Å²) in [6.45, 7) is 4.33. The molecule has 10 nitrogen and oxygen atoms in total. The van der Waals surface area contributed by atoms with E-state index in [0.717, 1.165) is 48.6 Å². The van der Waals surface area contributed by atoms with Crippen molar-refractivity contribution >= 4 is 45.8 Å². The number of nitrogens with zero attached hydrogens (tertiary/aromatic N) is 3. The normalized spacial score (nSPS) is 18.8. The monoisotopic (exact) mass is 473 g/mol. The van der Waals surface area contributed by atoms with Gasteiger partial charge in [-0.1, -0.05) is 11.3 Å². The lowest BCUT2D eigenvalue weighted by molar-refractivity contribution is -0.148. The number of thiazole rings is 1. The molecule has 0 bridgehead atoms. The fraction of sp³-hybridized carbons (Fsp3) is 0.455. The molecule has 0 spiro atoms. The van der Waals surface area contributed by atoms with Crippen LogP contribution in [0.5, 0.6) is 0 Å². The number of carbonyl (C=O) groups is 3. The Labute approximate surface area is 195 Å². The summed E-state index contributed by atoms with van der Waals surface area (Å²) in [4.78, 5) is 44.5. The maximum atomic E-state index is 12.4. The molecule has 3 N–H and O–H groups in total. The second kappa shape index (κ2) is 10.1. The Balaban J connectivity index is 1.28. The van der Waals surface area contributed by atoms with Gasteiger partial charge in [-0.2, -0.15) is 0 Å². The minimum absolute atomic E-state index is 0.0364. The molecule has 3 heterocycles. The lowest BCUT2D eigenvalue weighted by Crippen LogP contribution is -2.37. The van der Waals surface area contributed by atoms with Crippen molar-refractivity contribution in [1.82, 2.24) is 10.3 Å². The lowest BCUT2D eigenvalue weighted by Gasteiger charge is -2.32. The maximum Gasteiger partial charge on any atom is 0.414 e. The van der Waals surface area contributed by atoms with Gasteiger partial charge in [-0.3, -0.25) is 14.5 Å². The van der Waals surface area contributed by atoms with Crippen LogP contribution in [-0.2, 0) is 14.3 Å². The minimum Gasteiger partial charge on any atom is -0.466 e. The van der Waals surface area contributed by atoms with Gasteiger partial charge in [0.05, 0.1) is 31.8 Å². The van der Waals surface area contributed by atoms with Crippen molar-refractivity contribution < 1.29 is 23.9 Å². The number of carbonyl (C=O) groups excluding carboxylic acids is 3. The summed E-state index contributed by atoms with van der Waals surface area (Å²) < 4.78 is 10.5. The first-order chi connectivity index (χ1) is 15.9. The SMILES string of the molecule is CCOC(=O)C1CCN(c2ccc(N3C[C@@H](CNC(=O)c4cnc(N)s4)OC3=O)cc2)CC1. The summed E-state index contributed by atoms with van der Waals surface area (Å²) in [5, 5.41) is 3.08. The molecule has 0 radical (unpaired) electrons. The molecule has 2 aromatic rings. The van der Waals surface area contributed by atoms with Gasteiger partial charge in [-0.05, 0) is 44.0 Å². The van der Waals surface area contributed by atoms with Crippen LogP contribution in [0.25, 0.3) is 0 Å². The van der Waals surface area contributed by atoms with Crippen molar-refractivity contribution in [2.75, 3.05) is 48.3 Å². The van der Waals surface area contributed by atoms with Gasteiger partial charge in [0, 0.05) is 24.5 Å². The zero-order chi connectivity index (χ0) is 23.4. The molecular formula is C22H27N5O5S. The molecule has 1 aromatic heterocycles. The highest BCUT2D eigenvalue weighted by molar-refractivity contribution is 7.17. The average molecular weight is 474 g/mol. The second-order valence-corrected chi connectivity index (χ2v) is 8.98. The number of hydrogen-bond donors (Lipinski definition) is 2. The second-order valence-electron chi connectivity index (χ2n) is 7.92. The smallest absolute Gasteiger partial charge is 0.414 e. The Morgan fingerprint density at radius 3 is 2.58 bits per heavy atom. The Kier molecular flexibility index (Phi) is 6.97. The zero-order valence-corrected chi connectivity index (χ0v) is 19.2. The van der Waals surface area contributed by atoms with Crippen LogP contribution in [0.4, 0.5) is 21.3 Å². The summed E-state index contributed by atoms with van der Waals surface area (Å²) >= 11 is 1.10. The molecule has 176 valence electrons. The van der Waals surface area contributed by atoms with E-state index in [1.807, 2.05) is 31.2 Å². The van der Waals surface area contributed by atoms with Crippen LogP contribution in [0.2, 0.25) is 0 Å². The standard InChI is InChI=1S/C22H27N5O5S/c1-2-31-20(29)14-7-9-26(10-8-14)15-3-5-16(6-4-15)27-13-17(32-22(27)30)11-24-19(28)18-12-25-21(23)33-18/h3-6,12,14,17H,2,7-11,13H2,1H3,(H2,23,25)(H,24,28)/t17-/m1/s1. The summed E-state index contributed by atoms with van der Waals surface area (Å²) in [6, 6.07) is 7.71. The van der Waals surface area contributed by atoms with E-state index in [1.165, 1.54) is 6.20 Å². The molecular weight excluding hydrogens is 446 g/mol. The minimum atomic E-state index is -0.451. The molecule has 0 saturated carbocycles. The van der Waals surface area contributed by atoms with E-state index in [9.17, 15) is 14.4 Å². The number of amides is 2. The Morgan fingerprint density at radius 2 is 1.94 bits per heavy atom. The molecule has 2 aliphatic heterocycles. The number of esters is 1. The molecule has 0 aliphatic carbocycles. The summed E-state index contributed by atoms with van der Waals surface area (Å²) in [6.07, 6.45) is 2.05. The Bertz CT molecular complexity index is 1000. The third-order valence-corrected chi connectivity index (χ3v) is 6.58. The van der Waals surface area contributed by atoms with Crippen LogP contribution in [0, 0.1) is 5.92 Å². The highest BCUT2D eigenvalue weighted by Crippen LogP contribution is 2.28. The third kappa shape index (κ3) is 5.36. The predicted molar refractivity (Wildman–Crippen MR) is 124 cm³/mol. The van der Waals surface area contributed by atoms with Gasteiger partial charge in [-0.15, -0.1) is 0 Å². The predicted octanol–water partition coefficient (Wildman–Crippen LogP) is 2.26. The van der Waals surface area contributed by atoms with Crippen molar-refractivity contribution in [3.05, 3.63) is 35.3 Å². The fourth-order valence-corrected chi connectivity index (χ4v) is 4.60. The molecule has 2 fully saturated rings. The van der Waals surface area contributed by atoms with Gasteiger partial charge < -0.3 is 25.4 Å². The number of hydrogen-bond acceptors (Lipinski definition) is 9. The number of nitrogen functional groups attached to an aromatic ring is 1. The maximum absolute atomic E-state index is 12.4. The van der Waals surface area contributed by atoms with Crippen molar-refractivity contribution in [2.45, 2.75) is 25.9 Å². The summed E-state index contributed by atoms with van der Waals surface area (Å²) in [5.74, 6) is -0.442. The van der Waals surface area contributed by atoms with Crippen molar-refractivity contribution in [1.29, 1.82) is 0 Å². The number of anilines is 3.